The summed E-state index contributed by atoms with van der Waals surface area (Å²) >= 11 is 0. The number of nitrogens with one attached hydrogen (secondary N) is 2. The summed E-state index contributed by atoms with van der Waals surface area (Å²) in [4.78, 5) is 20.8. The highest BCUT2D eigenvalue weighted by Gasteiger charge is 2.33. The van der Waals surface area contributed by atoms with Crippen molar-refractivity contribution in [1.82, 2.24) is 14.3 Å². The first-order chi connectivity index (χ1) is 16.4. The number of imidazole rings is 1. The van der Waals surface area contributed by atoms with Crippen molar-refractivity contribution >= 4 is 32.7 Å². The number of rotatable bonds is 5. The van der Waals surface area contributed by atoms with Gasteiger partial charge in [0.05, 0.1) is 21.8 Å². The molecule has 9 heteroatoms. The third-order valence-corrected chi connectivity index (χ3v) is 7.90. The Kier molecular flexibility index (Phi) is 5.89. The van der Waals surface area contributed by atoms with Gasteiger partial charge in [-0.2, -0.15) is 4.31 Å². The summed E-state index contributed by atoms with van der Waals surface area (Å²) < 4.78 is 40.3. The average Bonchev–Trinajstić information content (AvgIpc) is 3.29. The molecule has 2 heterocycles. The number of benzene rings is 3. The van der Waals surface area contributed by atoms with Gasteiger partial charge >= 0.3 is 0 Å². The molecule has 0 saturated carbocycles. The Morgan fingerprint density at radius 3 is 2.50 bits per heavy atom. The van der Waals surface area contributed by atoms with Crippen molar-refractivity contribution in [2.24, 2.45) is 5.92 Å². The fourth-order valence-electron chi connectivity index (χ4n) is 4.18. The van der Waals surface area contributed by atoms with Gasteiger partial charge < -0.3 is 10.3 Å². The molecule has 3 aromatic carbocycles. The lowest BCUT2D eigenvalue weighted by molar-refractivity contribution is -0.120. The fraction of sp³-hybridized carbons (Fsp3) is 0.200. The quantitative estimate of drug-likeness (QED) is 0.444. The first-order valence-corrected chi connectivity index (χ1v) is 12.5. The molecule has 0 spiro atoms. The van der Waals surface area contributed by atoms with Crippen LogP contribution in [0.2, 0.25) is 0 Å². The molecule has 34 heavy (non-hydrogen) atoms. The lowest BCUT2D eigenvalue weighted by Gasteiger charge is -2.31. The third-order valence-electron chi connectivity index (χ3n) is 6.02. The number of fused-ring (bicyclic) bond motifs is 1. The Labute approximate surface area is 196 Å². The number of nitrogens with zero attached hydrogens (tertiary/aromatic N) is 2. The number of piperidine rings is 1. The zero-order valence-electron chi connectivity index (χ0n) is 18.2. The van der Waals surface area contributed by atoms with Gasteiger partial charge in [-0.1, -0.05) is 12.1 Å². The SMILES string of the molecule is O=C(Nc1ccc(-c2nc3ccccc3[nH]2)cc1)C1CCCN(S(=O)(=O)c2ccc(F)cc2)C1. The average molecular weight is 479 g/mol. The van der Waals surface area contributed by atoms with E-state index in [1.807, 2.05) is 36.4 Å². The number of aromatic amines is 1. The molecule has 1 unspecified atom stereocenters. The summed E-state index contributed by atoms with van der Waals surface area (Å²) in [6, 6.07) is 19.9. The lowest BCUT2D eigenvalue weighted by Crippen LogP contribution is -2.43. The largest absolute Gasteiger partial charge is 0.338 e. The van der Waals surface area contributed by atoms with Crippen molar-refractivity contribution in [2.45, 2.75) is 17.7 Å². The lowest BCUT2D eigenvalue weighted by atomic mass is 9.98. The Morgan fingerprint density at radius 2 is 1.76 bits per heavy atom. The second-order valence-corrected chi connectivity index (χ2v) is 10.3. The molecule has 0 bridgehead atoms. The maximum Gasteiger partial charge on any atom is 0.243 e. The van der Waals surface area contributed by atoms with Gasteiger partial charge in [0.1, 0.15) is 11.6 Å². The fourth-order valence-corrected chi connectivity index (χ4v) is 5.70. The number of anilines is 1. The highest BCUT2D eigenvalue weighted by atomic mass is 32.2. The van der Waals surface area contributed by atoms with E-state index in [4.69, 9.17) is 0 Å². The maximum atomic E-state index is 13.2. The molecule has 1 amide bonds. The van der Waals surface area contributed by atoms with E-state index in [0.717, 1.165) is 34.6 Å². The maximum absolute atomic E-state index is 13.2. The van der Waals surface area contributed by atoms with Crippen LogP contribution in [0.5, 0.6) is 0 Å². The van der Waals surface area contributed by atoms with E-state index < -0.39 is 21.8 Å². The molecular formula is C25H23FN4O3S. The molecule has 1 aliphatic heterocycles. The van der Waals surface area contributed by atoms with Crippen molar-refractivity contribution in [3.63, 3.8) is 0 Å². The number of para-hydroxylation sites is 2. The number of carbonyl (C=O) groups is 1. The molecule has 1 aliphatic rings. The number of H-pyrrole nitrogens is 1. The molecule has 1 fully saturated rings. The van der Waals surface area contributed by atoms with Crippen LogP contribution in [0, 0.1) is 11.7 Å². The number of aromatic nitrogens is 2. The van der Waals surface area contributed by atoms with Gasteiger partial charge in [0, 0.05) is 24.3 Å². The Morgan fingerprint density at radius 1 is 1.03 bits per heavy atom. The molecule has 1 atom stereocenters. The van der Waals surface area contributed by atoms with Crippen LogP contribution >= 0.6 is 0 Å². The number of carbonyl (C=O) groups excluding carboxylic acids is 1. The predicted molar refractivity (Wildman–Crippen MR) is 128 cm³/mol. The van der Waals surface area contributed by atoms with Gasteiger partial charge in [0.25, 0.3) is 0 Å². The predicted octanol–water partition coefficient (Wildman–Crippen LogP) is 4.41. The van der Waals surface area contributed by atoms with Crippen LogP contribution in [0.1, 0.15) is 12.8 Å². The molecular weight excluding hydrogens is 455 g/mol. The van der Waals surface area contributed by atoms with Crippen LogP contribution in [0.15, 0.2) is 77.7 Å². The van der Waals surface area contributed by atoms with E-state index in [9.17, 15) is 17.6 Å². The zero-order chi connectivity index (χ0) is 23.7. The summed E-state index contributed by atoms with van der Waals surface area (Å²) in [5, 5.41) is 2.90. The standard InChI is InChI=1S/C25H23FN4O3S/c26-19-9-13-21(14-10-19)34(32,33)30-15-3-4-18(16-30)25(31)27-20-11-7-17(8-12-20)24-28-22-5-1-2-6-23(22)29-24/h1-2,5-14,18H,3-4,15-16H2,(H,27,31)(H,28,29). The molecule has 4 aromatic rings. The highest BCUT2D eigenvalue weighted by Crippen LogP contribution is 2.26. The molecule has 1 aromatic heterocycles. The molecule has 5 rings (SSSR count). The summed E-state index contributed by atoms with van der Waals surface area (Å²) in [6.45, 7) is 0.415. The normalized spacial score (nSPS) is 17.0. The number of sulfonamides is 1. The van der Waals surface area contributed by atoms with Gasteiger partial charge in [-0.15, -0.1) is 0 Å². The van der Waals surface area contributed by atoms with Crippen LogP contribution in [-0.4, -0.2) is 41.7 Å². The van der Waals surface area contributed by atoms with E-state index in [1.54, 1.807) is 12.1 Å². The monoisotopic (exact) mass is 478 g/mol. The third kappa shape index (κ3) is 4.44. The molecule has 174 valence electrons. The van der Waals surface area contributed by atoms with E-state index in [2.05, 4.69) is 15.3 Å². The Bertz CT molecular complexity index is 1400. The van der Waals surface area contributed by atoms with Crippen molar-refractivity contribution in [2.75, 3.05) is 18.4 Å². The molecule has 0 radical (unpaired) electrons. The van der Waals surface area contributed by atoms with Crippen LogP contribution in [-0.2, 0) is 14.8 Å². The minimum Gasteiger partial charge on any atom is -0.338 e. The Balaban J connectivity index is 1.26. The minimum absolute atomic E-state index is 0.0242. The van der Waals surface area contributed by atoms with Crippen molar-refractivity contribution < 1.29 is 17.6 Å². The number of amides is 1. The summed E-state index contributed by atoms with van der Waals surface area (Å²) in [5.74, 6) is -0.455. The number of hydrogen-bond donors (Lipinski definition) is 2. The van der Waals surface area contributed by atoms with Crippen molar-refractivity contribution in [3.05, 3.63) is 78.6 Å². The molecule has 7 nitrogen and oxygen atoms in total. The van der Waals surface area contributed by atoms with Crippen LogP contribution < -0.4 is 5.32 Å². The highest BCUT2D eigenvalue weighted by molar-refractivity contribution is 7.89. The van der Waals surface area contributed by atoms with Crippen LogP contribution in [0.4, 0.5) is 10.1 Å². The second kappa shape index (κ2) is 9.00. The molecule has 2 N–H and O–H groups in total. The van der Waals surface area contributed by atoms with E-state index in [1.165, 1.54) is 16.4 Å². The topological polar surface area (TPSA) is 95.2 Å². The number of hydrogen-bond acceptors (Lipinski definition) is 4. The summed E-state index contributed by atoms with van der Waals surface area (Å²) in [6.07, 6.45) is 1.17. The first-order valence-electron chi connectivity index (χ1n) is 11.0. The van der Waals surface area contributed by atoms with Crippen molar-refractivity contribution in [1.29, 1.82) is 0 Å². The van der Waals surface area contributed by atoms with Gasteiger partial charge in [0.2, 0.25) is 15.9 Å². The van der Waals surface area contributed by atoms with E-state index >= 15 is 0 Å². The molecule has 1 saturated heterocycles. The zero-order valence-corrected chi connectivity index (χ0v) is 19.1. The van der Waals surface area contributed by atoms with Gasteiger partial charge in [0.15, 0.2) is 0 Å². The first kappa shape index (κ1) is 22.2. The number of halogens is 1. The molecule has 0 aliphatic carbocycles. The van der Waals surface area contributed by atoms with Crippen LogP contribution in [0.3, 0.4) is 0 Å². The van der Waals surface area contributed by atoms with E-state index in [-0.39, 0.29) is 17.3 Å². The summed E-state index contributed by atoms with van der Waals surface area (Å²) in [5.41, 5.74) is 3.35. The second-order valence-electron chi connectivity index (χ2n) is 8.33. The van der Waals surface area contributed by atoms with E-state index in [0.29, 0.717) is 25.1 Å². The Hall–Kier alpha value is -3.56. The van der Waals surface area contributed by atoms with Gasteiger partial charge in [-0.05, 0) is 73.5 Å². The van der Waals surface area contributed by atoms with Crippen LogP contribution in [0.25, 0.3) is 22.4 Å². The van der Waals surface area contributed by atoms with Crippen molar-refractivity contribution in [3.8, 4) is 11.4 Å². The summed E-state index contributed by atoms with van der Waals surface area (Å²) in [7, 11) is -3.79. The van der Waals surface area contributed by atoms with Gasteiger partial charge in [-0.25, -0.2) is 17.8 Å². The smallest absolute Gasteiger partial charge is 0.243 e. The van der Waals surface area contributed by atoms with Gasteiger partial charge in [-0.3, -0.25) is 4.79 Å². The minimum atomic E-state index is -3.79.